The van der Waals surface area contributed by atoms with Gasteiger partial charge in [-0.2, -0.15) is 0 Å². The molecule has 1 unspecified atom stereocenters. The molecule has 2 rings (SSSR count). The van der Waals surface area contributed by atoms with Gasteiger partial charge in [-0.15, -0.1) is 0 Å². The topological polar surface area (TPSA) is 194 Å². The summed E-state index contributed by atoms with van der Waals surface area (Å²) in [6.07, 6.45) is 4.29. The molecule has 3 N–H and O–H groups in total. The van der Waals surface area contributed by atoms with Gasteiger partial charge >= 0.3 is 39.9 Å². The van der Waals surface area contributed by atoms with Crippen LogP contribution in [0.1, 0.15) is 31.4 Å². The van der Waals surface area contributed by atoms with Gasteiger partial charge in [-0.25, -0.2) is 0 Å². The Morgan fingerprint density at radius 1 is 0.973 bits per heavy atom. The molecule has 1 aromatic heterocycles. The Hall–Kier alpha value is -2.94. The summed E-state index contributed by atoms with van der Waals surface area (Å²) in [6.45, 7) is 14.5. The quantitative estimate of drug-likeness (QED) is 0.123. The molecule has 199 valence electrons. The van der Waals surface area contributed by atoms with Crippen molar-refractivity contribution in [3.05, 3.63) is 74.3 Å². The van der Waals surface area contributed by atoms with Crippen LogP contribution >= 0.6 is 0 Å². The molecule has 37 heavy (non-hydrogen) atoms. The van der Waals surface area contributed by atoms with E-state index in [4.69, 9.17) is 19.1 Å². The van der Waals surface area contributed by atoms with Crippen molar-refractivity contribution in [1.82, 2.24) is 9.88 Å². The van der Waals surface area contributed by atoms with Crippen LogP contribution in [0, 0.1) is 20.0 Å². The number of carbonyl (C=O) groups excluding carboxylic acids is 1. The van der Waals surface area contributed by atoms with E-state index in [2.05, 4.69) is 35.0 Å². The Labute approximate surface area is 231 Å². The number of carboxylic acid groups (broad SMARTS) is 1. The molecule has 1 radical (unpaired) electrons. The zero-order chi connectivity index (χ0) is 27.8. The standard InChI is InChI=1S/C20H26N4O5S.3CO.Re/c25-19(22-16-8-10-17(11-9-16)23-30(28)29)7-2-1-5-13-24(15-20(26)27)14-18-6-3-4-12-21-18;3*1-2;/h3-4,6,8-12,23H,1-2,5,7,13-15H2,(H,22,25)(H,26,27)(H,28,29);;;;/p-1. The maximum Gasteiger partial charge on any atom is 0 e. The summed E-state index contributed by atoms with van der Waals surface area (Å²) in [5.41, 5.74) is 1.82. The number of nitrogens with one attached hydrogen (secondary N) is 2. The largest absolute Gasteiger partial charge is 0 e. The zero-order valence-corrected chi connectivity index (χ0v) is 23.1. The van der Waals surface area contributed by atoms with Gasteiger partial charge < -0.3 is 19.7 Å². The minimum Gasteiger partial charge on any atom is 0 e. The Morgan fingerprint density at radius 3 is 2.08 bits per heavy atom. The number of hydrogen-bond acceptors (Lipinski definition) is 6. The predicted molar refractivity (Wildman–Crippen MR) is 125 cm³/mol. The maximum atomic E-state index is 12.0. The number of pyridine rings is 1. The number of amides is 1. The molecule has 0 spiro atoms. The van der Waals surface area contributed by atoms with Gasteiger partial charge in [0.15, 0.2) is 0 Å². The molecule has 14 heteroatoms. The second-order valence-electron chi connectivity index (χ2n) is 6.70. The smallest absolute Gasteiger partial charge is 0 e. The minimum atomic E-state index is -2.39. The molecule has 1 atom stereocenters. The minimum absolute atomic E-state index is 0. The molecule has 0 aliphatic rings. The fourth-order valence-corrected chi connectivity index (χ4v) is 3.19. The number of carbonyl (C=O) groups is 2. The van der Waals surface area contributed by atoms with Crippen molar-refractivity contribution in [2.75, 3.05) is 23.1 Å². The van der Waals surface area contributed by atoms with E-state index < -0.39 is 17.2 Å². The Bertz CT molecular complexity index is 958. The number of rotatable bonds is 13. The second kappa shape index (κ2) is 26.1. The molecule has 0 fully saturated rings. The fourth-order valence-electron chi connectivity index (χ4n) is 2.87. The van der Waals surface area contributed by atoms with E-state index in [1.807, 2.05) is 23.1 Å². The second-order valence-corrected chi connectivity index (χ2v) is 7.37. The number of unbranched alkanes of at least 4 members (excludes halogenated alkanes) is 2. The van der Waals surface area contributed by atoms with Crippen molar-refractivity contribution < 1.29 is 57.8 Å². The Morgan fingerprint density at radius 2 is 1.57 bits per heavy atom. The number of anilines is 2. The van der Waals surface area contributed by atoms with Crippen molar-refractivity contribution in [2.24, 2.45) is 0 Å². The monoisotopic (exact) mass is 704 g/mol. The van der Waals surface area contributed by atoms with Gasteiger partial charge in [0.05, 0.1) is 12.2 Å². The van der Waals surface area contributed by atoms with E-state index in [1.165, 1.54) is 0 Å². The molecule has 1 amide bonds. The normalized spacial score (nSPS) is 9.73. The average molecular weight is 704 g/mol. The molecule has 1 heterocycles. The summed E-state index contributed by atoms with van der Waals surface area (Å²) in [4.78, 5) is 29.2. The number of benzene rings is 1. The van der Waals surface area contributed by atoms with Crippen molar-refractivity contribution in [2.45, 2.75) is 32.2 Å². The van der Waals surface area contributed by atoms with E-state index in [9.17, 15) is 18.4 Å². The van der Waals surface area contributed by atoms with Crippen LogP contribution in [0.4, 0.5) is 11.4 Å². The van der Waals surface area contributed by atoms with Gasteiger partial charge in [0, 0.05) is 62.2 Å². The third kappa shape index (κ3) is 20.9. The molecule has 0 saturated carbocycles. The Balaban J connectivity index is -0.00000153. The summed E-state index contributed by atoms with van der Waals surface area (Å²) in [5, 5.41) is 11.9. The molecular formula is C23H25N4O8ReS-. The van der Waals surface area contributed by atoms with Crippen molar-refractivity contribution >= 4 is 34.5 Å². The average Bonchev–Trinajstić information content (AvgIpc) is 2.88. The van der Waals surface area contributed by atoms with Crippen LogP contribution in [0.2, 0.25) is 0 Å². The van der Waals surface area contributed by atoms with Crippen LogP contribution in [0.15, 0.2) is 48.7 Å². The molecular weight excluding hydrogens is 679 g/mol. The van der Waals surface area contributed by atoms with Crippen molar-refractivity contribution in [3.8, 4) is 0 Å². The first-order valence-electron chi connectivity index (χ1n) is 10.1. The molecule has 0 aliphatic carbocycles. The van der Waals surface area contributed by atoms with Crippen LogP contribution in [0.3, 0.4) is 0 Å². The third-order valence-corrected chi connectivity index (χ3v) is 4.62. The van der Waals surface area contributed by atoms with E-state index in [0.29, 0.717) is 37.3 Å². The summed E-state index contributed by atoms with van der Waals surface area (Å²) in [5.74, 6) is -1.01. The summed E-state index contributed by atoms with van der Waals surface area (Å²) >= 11 is -2.39. The summed E-state index contributed by atoms with van der Waals surface area (Å²) < 4.78 is 45.9. The Kier molecular flexibility index (Phi) is 27.3. The number of aromatic nitrogens is 1. The van der Waals surface area contributed by atoms with Crippen molar-refractivity contribution in [1.29, 1.82) is 0 Å². The van der Waals surface area contributed by atoms with Gasteiger partial charge in [-0.1, -0.05) is 12.5 Å². The van der Waals surface area contributed by atoms with Gasteiger partial charge in [0.2, 0.25) is 5.91 Å². The van der Waals surface area contributed by atoms with Gasteiger partial charge in [-0.3, -0.25) is 23.7 Å². The SMILES string of the molecule is O=C(O)CN(CCCCCC(=O)Nc1ccc(NS(=O)[O-])cc1)Cc1ccccn1.[C-]#[O+].[C-]#[O+].[C-]#[O+].[Re]. The van der Waals surface area contributed by atoms with Gasteiger partial charge in [0.1, 0.15) is 0 Å². The van der Waals surface area contributed by atoms with E-state index in [-0.39, 0.29) is 32.9 Å². The molecule has 0 saturated heterocycles. The fraction of sp³-hybridized carbons (Fsp3) is 0.304. The summed E-state index contributed by atoms with van der Waals surface area (Å²) in [6, 6.07) is 11.9. The van der Waals surface area contributed by atoms with Crippen LogP contribution in [-0.2, 0) is 61.8 Å². The zero-order valence-electron chi connectivity index (χ0n) is 19.6. The molecule has 12 nitrogen and oxygen atoms in total. The molecule has 1 aromatic carbocycles. The predicted octanol–water partition coefficient (Wildman–Crippen LogP) is 2.26. The number of nitrogens with zero attached hydrogens (tertiary/aromatic N) is 2. The number of aliphatic carboxylic acids is 1. The first-order valence-corrected chi connectivity index (χ1v) is 11.2. The van der Waals surface area contributed by atoms with Crippen LogP contribution in [0.5, 0.6) is 0 Å². The van der Waals surface area contributed by atoms with E-state index in [0.717, 1.165) is 18.5 Å². The number of carboxylic acids is 1. The van der Waals surface area contributed by atoms with Crippen LogP contribution in [-0.4, -0.2) is 48.7 Å². The third-order valence-electron chi connectivity index (χ3n) is 4.22. The van der Waals surface area contributed by atoms with Gasteiger partial charge in [-0.05, 0) is 55.8 Å². The molecule has 0 bridgehead atoms. The van der Waals surface area contributed by atoms with Gasteiger partial charge in [0.25, 0.3) is 0 Å². The van der Waals surface area contributed by atoms with Crippen LogP contribution in [0.25, 0.3) is 0 Å². The first kappa shape index (κ1) is 38.6. The van der Waals surface area contributed by atoms with E-state index in [1.54, 1.807) is 30.5 Å². The van der Waals surface area contributed by atoms with Crippen LogP contribution < -0.4 is 10.0 Å². The molecule has 0 aliphatic heterocycles. The first-order chi connectivity index (χ1) is 17.4. The van der Waals surface area contributed by atoms with E-state index >= 15 is 0 Å². The van der Waals surface area contributed by atoms with Crippen molar-refractivity contribution in [3.63, 3.8) is 0 Å². The maximum absolute atomic E-state index is 12.0. The number of hydrogen-bond donors (Lipinski definition) is 3. The summed E-state index contributed by atoms with van der Waals surface area (Å²) in [7, 11) is 0. The molecule has 2 aromatic rings.